The van der Waals surface area contributed by atoms with Crippen molar-refractivity contribution in [3.8, 4) is 0 Å². The third kappa shape index (κ3) is 4.03. The summed E-state index contributed by atoms with van der Waals surface area (Å²) in [6, 6.07) is 3.54. The Bertz CT molecular complexity index is 727. The van der Waals surface area contributed by atoms with Crippen molar-refractivity contribution in [3.05, 3.63) is 23.8 Å². The van der Waals surface area contributed by atoms with Gasteiger partial charge in [-0.1, -0.05) is 18.7 Å². The molecular weight excluding hydrogens is 339 g/mol. The molecule has 4 nitrogen and oxygen atoms in total. The summed E-state index contributed by atoms with van der Waals surface area (Å²) in [5.74, 6) is -0.117. The smallest absolute Gasteiger partial charge is 0.355 e. The van der Waals surface area contributed by atoms with E-state index in [-0.39, 0.29) is 11.2 Å². The van der Waals surface area contributed by atoms with Gasteiger partial charge < -0.3 is 9.88 Å². The first-order valence-corrected chi connectivity index (χ1v) is 8.67. The number of amides is 1. The van der Waals surface area contributed by atoms with E-state index in [1.54, 1.807) is 11.5 Å². The van der Waals surface area contributed by atoms with Crippen LogP contribution in [-0.4, -0.2) is 27.3 Å². The molecule has 0 fully saturated rings. The maximum Gasteiger partial charge on any atom is 0.416 e. The molecule has 132 valence electrons. The van der Waals surface area contributed by atoms with Gasteiger partial charge in [-0.2, -0.15) is 13.2 Å². The molecule has 0 saturated carbocycles. The van der Waals surface area contributed by atoms with E-state index in [4.69, 9.17) is 0 Å². The van der Waals surface area contributed by atoms with Crippen LogP contribution < -0.4 is 5.32 Å². The number of nitrogens with zero attached hydrogens (tertiary/aromatic N) is 2. The highest BCUT2D eigenvalue weighted by Crippen LogP contribution is 2.33. The molecule has 1 aromatic carbocycles. The van der Waals surface area contributed by atoms with Crippen LogP contribution in [0.3, 0.4) is 0 Å². The van der Waals surface area contributed by atoms with E-state index in [0.717, 1.165) is 18.6 Å². The Kier molecular flexibility index (Phi) is 5.79. The van der Waals surface area contributed by atoms with Crippen LogP contribution in [0, 0.1) is 0 Å². The van der Waals surface area contributed by atoms with Crippen LogP contribution in [0.25, 0.3) is 11.0 Å². The topological polar surface area (TPSA) is 46.9 Å². The van der Waals surface area contributed by atoms with Crippen LogP contribution >= 0.6 is 11.8 Å². The Morgan fingerprint density at radius 2 is 2.08 bits per heavy atom. The van der Waals surface area contributed by atoms with E-state index in [9.17, 15) is 18.0 Å². The predicted octanol–water partition coefficient (Wildman–Crippen LogP) is 4.08. The number of rotatable bonds is 6. The Balaban J connectivity index is 2.42. The van der Waals surface area contributed by atoms with Crippen molar-refractivity contribution in [2.45, 2.75) is 50.3 Å². The molecule has 0 radical (unpaired) electrons. The summed E-state index contributed by atoms with van der Waals surface area (Å²) in [6.07, 6.45) is -3.64. The van der Waals surface area contributed by atoms with E-state index >= 15 is 0 Å². The summed E-state index contributed by atoms with van der Waals surface area (Å²) < 4.78 is 40.6. The molecule has 0 saturated heterocycles. The van der Waals surface area contributed by atoms with Gasteiger partial charge in [0.1, 0.15) is 0 Å². The fraction of sp³-hybridized carbons (Fsp3) is 0.500. The summed E-state index contributed by atoms with van der Waals surface area (Å²) >= 11 is 1.26. The fourth-order valence-corrected chi connectivity index (χ4v) is 3.31. The Labute approximate surface area is 142 Å². The highest BCUT2D eigenvalue weighted by molar-refractivity contribution is 8.00. The second kappa shape index (κ2) is 7.46. The van der Waals surface area contributed by atoms with Crippen LogP contribution in [0.5, 0.6) is 0 Å². The summed E-state index contributed by atoms with van der Waals surface area (Å²) in [6.45, 7) is 6.61. The molecule has 1 aromatic heterocycles. The SMILES string of the molecule is CCCn1c(SC(C)C(=O)NCC)nc2ccc(C(F)(F)F)cc21. The van der Waals surface area contributed by atoms with Gasteiger partial charge in [0.25, 0.3) is 0 Å². The number of aromatic nitrogens is 2. The molecule has 0 aliphatic carbocycles. The van der Waals surface area contributed by atoms with Crippen LogP contribution in [0.1, 0.15) is 32.8 Å². The Morgan fingerprint density at radius 1 is 1.38 bits per heavy atom. The van der Waals surface area contributed by atoms with Gasteiger partial charge >= 0.3 is 6.18 Å². The molecule has 1 amide bonds. The summed E-state index contributed by atoms with van der Waals surface area (Å²) in [4.78, 5) is 16.3. The van der Waals surface area contributed by atoms with Gasteiger partial charge in [-0.3, -0.25) is 4.79 Å². The lowest BCUT2D eigenvalue weighted by molar-refractivity contribution is -0.137. The minimum absolute atomic E-state index is 0.117. The molecule has 1 atom stereocenters. The van der Waals surface area contributed by atoms with E-state index < -0.39 is 11.7 Å². The Morgan fingerprint density at radius 3 is 2.67 bits per heavy atom. The number of halogens is 3. The minimum Gasteiger partial charge on any atom is -0.355 e. The number of benzene rings is 1. The van der Waals surface area contributed by atoms with Gasteiger partial charge in [-0.25, -0.2) is 4.98 Å². The monoisotopic (exact) mass is 359 g/mol. The minimum atomic E-state index is -4.39. The van der Waals surface area contributed by atoms with Gasteiger partial charge in [0, 0.05) is 13.1 Å². The quantitative estimate of drug-likeness (QED) is 0.791. The van der Waals surface area contributed by atoms with Gasteiger partial charge in [-0.05, 0) is 38.5 Å². The number of nitrogens with one attached hydrogen (secondary N) is 1. The second-order valence-corrected chi connectivity index (χ2v) is 6.71. The highest BCUT2D eigenvalue weighted by atomic mass is 32.2. The van der Waals surface area contributed by atoms with Gasteiger partial charge in [0.15, 0.2) is 5.16 Å². The molecule has 2 aromatic rings. The number of imidazole rings is 1. The zero-order valence-electron chi connectivity index (χ0n) is 13.8. The third-order valence-electron chi connectivity index (χ3n) is 3.49. The number of hydrogen-bond donors (Lipinski definition) is 1. The predicted molar refractivity (Wildman–Crippen MR) is 89.0 cm³/mol. The molecule has 24 heavy (non-hydrogen) atoms. The first kappa shape index (κ1) is 18.6. The van der Waals surface area contributed by atoms with E-state index in [1.165, 1.54) is 17.8 Å². The molecule has 2 rings (SSSR count). The number of alkyl halides is 3. The number of thioether (sulfide) groups is 1. The van der Waals surface area contributed by atoms with Crippen LogP contribution in [0.4, 0.5) is 13.2 Å². The Hall–Kier alpha value is -1.70. The summed E-state index contributed by atoms with van der Waals surface area (Å²) in [7, 11) is 0. The van der Waals surface area contributed by atoms with E-state index in [2.05, 4.69) is 10.3 Å². The van der Waals surface area contributed by atoms with Gasteiger partial charge in [0.05, 0.1) is 21.8 Å². The van der Waals surface area contributed by atoms with Crippen molar-refractivity contribution in [2.75, 3.05) is 6.54 Å². The molecule has 1 unspecified atom stereocenters. The number of aryl methyl sites for hydroxylation is 1. The van der Waals surface area contributed by atoms with Crippen molar-refractivity contribution >= 4 is 28.7 Å². The van der Waals surface area contributed by atoms with Gasteiger partial charge in [0.2, 0.25) is 5.91 Å². The maximum atomic E-state index is 13.0. The first-order chi connectivity index (χ1) is 11.3. The number of carbonyl (C=O) groups is 1. The highest BCUT2D eigenvalue weighted by Gasteiger charge is 2.31. The number of carbonyl (C=O) groups excluding carboxylic acids is 1. The molecule has 0 bridgehead atoms. The van der Waals surface area contributed by atoms with Crippen LogP contribution in [0.15, 0.2) is 23.4 Å². The maximum absolute atomic E-state index is 13.0. The zero-order chi connectivity index (χ0) is 17.9. The lowest BCUT2D eigenvalue weighted by atomic mass is 10.2. The zero-order valence-corrected chi connectivity index (χ0v) is 14.6. The van der Waals surface area contributed by atoms with Gasteiger partial charge in [-0.15, -0.1) is 0 Å². The summed E-state index contributed by atoms with van der Waals surface area (Å²) in [5.41, 5.74) is 0.250. The van der Waals surface area contributed by atoms with Crippen molar-refractivity contribution in [2.24, 2.45) is 0 Å². The van der Waals surface area contributed by atoms with Crippen molar-refractivity contribution in [1.82, 2.24) is 14.9 Å². The lowest BCUT2D eigenvalue weighted by Gasteiger charge is -2.12. The van der Waals surface area contributed by atoms with Crippen molar-refractivity contribution in [3.63, 3.8) is 0 Å². The van der Waals surface area contributed by atoms with E-state index in [0.29, 0.717) is 29.3 Å². The molecular formula is C16H20F3N3OS. The average Bonchev–Trinajstić information content (AvgIpc) is 2.84. The molecule has 0 aliphatic heterocycles. The largest absolute Gasteiger partial charge is 0.416 e. The van der Waals surface area contributed by atoms with Crippen LogP contribution in [-0.2, 0) is 17.5 Å². The summed E-state index contributed by atoms with van der Waals surface area (Å²) in [5, 5.41) is 2.92. The first-order valence-electron chi connectivity index (χ1n) is 7.79. The molecule has 0 aliphatic rings. The third-order valence-corrected chi connectivity index (χ3v) is 4.58. The van der Waals surface area contributed by atoms with Crippen molar-refractivity contribution in [1.29, 1.82) is 0 Å². The second-order valence-electron chi connectivity index (χ2n) is 5.40. The molecule has 1 N–H and O–H groups in total. The number of hydrogen-bond acceptors (Lipinski definition) is 3. The molecule has 0 spiro atoms. The molecule has 8 heteroatoms. The van der Waals surface area contributed by atoms with Crippen molar-refractivity contribution < 1.29 is 18.0 Å². The standard InChI is InChI=1S/C16H20F3N3OS/c1-4-8-22-13-9-11(16(17,18)19)6-7-12(13)21-15(22)24-10(3)14(23)20-5-2/h6-7,9-10H,4-5,8H2,1-3H3,(H,20,23). The van der Waals surface area contributed by atoms with Crippen LogP contribution in [0.2, 0.25) is 0 Å². The average molecular weight is 359 g/mol. The number of fused-ring (bicyclic) bond motifs is 1. The van der Waals surface area contributed by atoms with E-state index in [1.807, 2.05) is 13.8 Å². The molecule has 1 heterocycles. The lowest BCUT2D eigenvalue weighted by Crippen LogP contribution is -2.30. The fourth-order valence-electron chi connectivity index (χ4n) is 2.34. The normalized spacial score (nSPS) is 13.2.